The van der Waals surface area contributed by atoms with Crippen molar-refractivity contribution in [3.63, 3.8) is 0 Å². The Labute approximate surface area is 141 Å². The van der Waals surface area contributed by atoms with Gasteiger partial charge in [-0.05, 0) is 38.1 Å². The molecule has 0 bridgehead atoms. The fourth-order valence-corrected chi connectivity index (χ4v) is 2.17. The quantitative estimate of drug-likeness (QED) is 0.883. The highest BCUT2D eigenvalue weighted by molar-refractivity contribution is 5.74. The van der Waals surface area contributed by atoms with Crippen LogP contribution in [0.1, 0.15) is 25.6 Å². The van der Waals surface area contributed by atoms with Crippen molar-refractivity contribution < 1.29 is 13.9 Å². The highest BCUT2D eigenvalue weighted by Gasteiger charge is 2.18. The van der Waals surface area contributed by atoms with Gasteiger partial charge in [0, 0.05) is 19.3 Å². The zero-order valence-electron chi connectivity index (χ0n) is 14.1. The Kier molecular flexibility index (Phi) is 6.12. The van der Waals surface area contributed by atoms with Gasteiger partial charge in [-0.3, -0.25) is 4.98 Å². The van der Waals surface area contributed by atoms with E-state index in [1.54, 1.807) is 30.3 Å². The van der Waals surface area contributed by atoms with Crippen molar-refractivity contribution in [2.75, 3.05) is 13.6 Å². The van der Waals surface area contributed by atoms with E-state index in [9.17, 15) is 9.18 Å². The molecular weight excluding hydrogens is 309 g/mol. The van der Waals surface area contributed by atoms with Gasteiger partial charge in [0.25, 0.3) is 0 Å². The minimum absolute atomic E-state index is 0.148. The minimum atomic E-state index is -0.354. The molecule has 0 radical (unpaired) electrons. The van der Waals surface area contributed by atoms with E-state index < -0.39 is 0 Å². The number of aromatic nitrogens is 1. The van der Waals surface area contributed by atoms with Crippen LogP contribution in [0.15, 0.2) is 48.7 Å². The number of carbonyl (C=O) groups excluding carboxylic acids is 1. The van der Waals surface area contributed by atoms with Gasteiger partial charge in [0.2, 0.25) is 0 Å². The summed E-state index contributed by atoms with van der Waals surface area (Å²) in [6.07, 6.45) is 1.42. The molecule has 2 aromatic rings. The second-order valence-electron chi connectivity index (χ2n) is 5.61. The molecule has 2 amide bonds. The highest BCUT2D eigenvalue weighted by atomic mass is 19.1. The molecule has 2 atom stereocenters. The van der Waals surface area contributed by atoms with Crippen LogP contribution in [0.4, 0.5) is 9.18 Å². The number of nitrogens with zero attached hydrogens (tertiary/aromatic N) is 2. The zero-order chi connectivity index (χ0) is 17.5. The first-order chi connectivity index (χ1) is 11.5. The SMILES string of the molecule is C[C@@H](CNC(=O)N(C)[C@@H](C)c1ccccn1)Oc1cccc(F)c1. The number of pyridine rings is 1. The summed E-state index contributed by atoms with van der Waals surface area (Å²) in [5.74, 6) is 0.0830. The van der Waals surface area contributed by atoms with Gasteiger partial charge >= 0.3 is 6.03 Å². The van der Waals surface area contributed by atoms with Crippen LogP contribution in [-0.4, -0.2) is 35.6 Å². The lowest BCUT2D eigenvalue weighted by molar-refractivity contribution is 0.179. The number of carbonyl (C=O) groups is 1. The third-order valence-corrected chi connectivity index (χ3v) is 3.69. The molecule has 0 aliphatic rings. The van der Waals surface area contributed by atoms with Crippen LogP contribution in [0.5, 0.6) is 5.75 Å². The molecule has 2 rings (SSSR count). The van der Waals surface area contributed by atoms with Crippen molar-refractivity contribution in [1.82, 2.24) is 15.2 Å². The Hall–Kier alpha value is -2.63. The fourth-order valence-electron chi connectivity index (χ4n) is 2.17. The van der Waals surface area contributed by atoms with Crippen LogP contribution in [0.3, 0.4) is 0 Å². The molecule has 0 saturated carbocycles. The topological polar surface area (TPSA) is 54.5 Å². The Balaban J connectivity index is 1.83. The summed E-state index contributed by atoms with van der Waals surface area (Å²) in [4.78, 5) is 18.1. The first-order valence-electron chi connectivity index (χ1n) is 7.81. The Morgan fingerprint density at radius 3 is 2.75 bits per heavy atom. The number of hydrogen-bond acceptors (Lipinski definition) is 3. The second-order valence-corrected chi connectivity index (χ2v) is 5.61. The number of amides is 2. The number of nitrogens with one attached hydrogen (secondary N) is 1. The van der Waals surface area contributed by atoms with Gasteiger partial charge in [-0.15, -0.1) is 0 Å². The first kappa shape index (κ1) is 17.7. The summed E-state index contributed by atoms with van der Waals surface area (Å²) in [6, 6.07) is 11.2. The lowest BCUT2D eigenvalue weighted by Crippen LogP contribution is -2.42. The molecule has 24 heavy (non-hydrogen) atoms. The van der Waals surface area contributed by atoms with E-state index in [1.165, 1.54) is 12.1 Å². The van der Waals surface area contributed by atoms with Crippen molar-refractivity contribution >= 4 is 6.03 Å². The molecule has 1 aromatic carbocycles. The van der Waals surface area contributed by atoms with Gasteiger partial charge in [0.15, 0.2) is 0 Å². The Bertz CT molecular complexity index is 666. The van der Waals surface area contributed by atoms with Crippen molar-refractivity contribution in [3.8, 4) is 5.75 Å². The molecule has 5 nitrogen and oxygen atoms in total. The van der Waals surface area contributed by atoms with Gasteiger partial charge in [-0.25, -0.2) is 9.18 Å². The summed E-state index contributed by atoms with van der Waals surface area (Å²) in [5.41, 5.74) is 0.819. The fraction of sp³-hybridized carbons (Fsp3) is 0.333. The van der Waals surface area contributed by atoms with Crippen molar-refractivity contribution in [3.05, 3.63) is 60.2 Å². The van der Waals surface area contributed by atoms with Crippen LogP contribution >= 0.6 is 0 Å². The largest absolute Gasteiger partial charge is 0.489 e. The molecule has 6 heteroatoms. The molecule has 0 fully saturated rings. The second kappa shape index (κ2) is 8.29. The van der Waals surface area contributed by atoms with Crippen molar-refractivity contribution in [2.24, 2.45) is 0 Å². The van der Waals surface area contributed by atoms with Gasteiger partial charge < -0.3 is 15.0 Å². The van der Waals surface area contributed by atoms with E-state index in [0.29, 0.717) is 12.3 Å². The number of hydrogen-bond donors (Lipinski definition) is 1. The zero-order valence-corrected chi connectivity index (χ0v) is 14.1. The molecule has 0 aliphatic carbocycles. The van der Waals surface area contributed by atoms with Gasteiger partial charge in [-0.1, -0.05) is 12.1 Å². The Morgan fingerprint density at radius 1 is 1.29 bits per heavy atom. The third-order valence-electron chi connectivity index (χ3n) is 3.69. The minimum Gasteiger partial charge on any atom is -0.489 e. The number of benzene rings is 1. The van der Waals surface area contributed by atoms with Crippen LogP contribution in [0.25, 0.3) is 0 Å². The molecule has 0 aliphatic heterocycles. The maximum absolute atomic E-state index is 13.1. The summed E-state index contributed by atoms with van der Waals surface area (Å²) in [6.45, 7) is 4.04. The third kappa shape index (κ3) is 4.94. The molecule has 0 saturated heterocycles. The monoisotopic (exact) mass is 331 g/mol. The molecule has 1 heterocycles. The van der Waals surface area contributed by atoms with Crippen molar-refractivity contribution in [1.29, 1.82) is 0 Å². The molecule has 128 valence electrons. The lowest BCUT2D eigenvalue weighted by atomic mass is 10.2. The average Bonchev–Trinajstić information content (AvgIpc) is 2.59. The first-order valence-corrected chi connectivity index (χ1v) is 7.81. The maximum atomic E-state index is 13.1. The Morgan fingerprint density at radius 2 is 2.08 bits per heavy atom. The number of halogens is 1. The summed E-state index contributed by atoms with van der Waals surface area (Å²) in [5, 5.41) is 2.81. The smallest absolute Gasteiger partial charge is 0.317 e. The summed E-state index contributed by atoms with van der Waals surface area (Å²) in [7, 11) is 1.72. The molecule has 1 aromatic heterocycles. The lowest BCUT2D eigenvalue weighted by Gasteiger charge is -2.25. The van der Waals surface area contributed by atoms with Crippen molar-refractivity contribution in [2.45, 2.75) is 26.0 Å². The molecular formula is C18H22FN3O2. The molecule has 1 N–H and O–H groups in total. The number of ether oxygens (including phenoxy) is 1. The predicted octanol–water partition coefficient (Wildman–Crippen LogP) is 3.39. The predicted molar refractivity (Wildman–Crippen MR) is 90.3 cm³/mol. The molecule has 0 unspecified atom stereocenters. The van der Waals surface area contributed by atoms with E-state index in [4.69, 9.17) is 4.74 Å². The standard InChI is InChI=1S/C18H22FN3O2/c1-13(24-16-8-6-7-15(19)11-16)12-21-18(23)22(3)14(2)17-9-4-5-10-20-17/h4-11,13-14H,12H2,1-3H3,(H,21,23)/t13-,14-/m0/s1. The van der Waals surface area contributed by atoms with E-state index in [1.807, 2.05) is 32.0 Å². The number of rotatable bonds is 6. The maximum Gasteiger partial charge on any atom is 0.317 e. The average molecular weight is 331 g/mol. The van der Waals surface area contributed by atoms with Gasteiger partial charge in [-0.2, -0.15) is 0 Å². The van der Waals surface area contributed by atoms with E-state index in [2.05, 4.69) is 10.3 Å². The van der Waals surface area contributed by atoms with Gasteiger partial charge in [0.05, 0.1) is 18.3 Å². The molecule has 0 spiro atoms. The van der Waals surface area contributed by atoms with Crippen LogP contribution in [0, 0.1) is 5.82 Å². The van der Waals surface area contributed by atoms with E-state index >= 15 is 0 Å². The van der Waals surface area contributed by atoms with E-state index in [0.717, 1.165) is 5.69 Å². The summed E-state index contributed by atoms with van der Waals surface area (Å²) >= 11 is 0. The van der Waals surface area contributed by atoms with Crippen LogP contribution in [-0.2, 0) is 0 Å². The summed E-state index contributed by atoms with van der Waals surface area (Å²) < 4.78 is 18.7. The highest BCUT2D eigenvalue weighted by Crippen LogP contribution is 2.16. The normalized spacial score (nSPS) is 13.0. The van der Waals surface area contributed by atoms with Gasteiger partial charge in [0.1, 0.15) is 17.7 Å². The van der Waals surface area contributed by atoms with Crippen LogP contribution in [0.2, 0.25) is 0 Å². The van der Waals surface area contributed by atoms with E-state index in [-0.39, 0.29) is 24.0 Å². The van der Waals surface area contributed by atoms with Crippen LogP contribution < -0.4 is 10.1 Å². The number of urea groups is 1.